The molecule has 0 saturated heterocycles. The van der Waals surface area contributed by atoms with E-state index < -0.39 is 10.8 Å². The average molecular weight is 366 g/mol. The first kappa shape index (κ1) is 16.4. The van der Waals surface area contributed by atoms with Gasteiger partial charge in [0.1, 0.15) is 0 Å². The molecule has 0 fully saturated rings. The van der Waals surface area contributed by atoms with E-state index in [1.165, 1.54) is 11.1 Å². The summed E-state index contributed by atoms with van der Waals surface area (Å²) in [5.74, 6) is 0. The van der Waals surface area contributed by atoms with Gasteiger partial charge in [-0.1, -0.05) is 51.8 Å². The highest BCUT2D eigenvalue weighted by atomic mass is 79.9. The van der Waals surface area contributed by atoms with Gasteiger partial charge in [-0.05, 0) is 44.7 Å². The Kier molecular flexibility index (Phi) is 5.73. The number of hydrogen-bond acceptors (Lipinski definition) is 2. The van der Waals surface area contributed by atoms with E-state index in [9.17, 15) is 4.21 Å². The molecule has 2 rings (SSSR count). The molecule has 112 valence electrons. The quantitative estimate of drug-likeness (QED) is 0.859. The van der Waals surface area contributed by atoms with Gasteiger partial charge in [-0.2, -0.15) is 0 Å². The number of benzene rings is 2. The van der Waals surface area contributed by atoms with Crippen LogP contribution < -0.4 is 5.32 Å². The zero-order valence-corrected chi connectivity index (χ0v) is 14.9. The van der Waals surface area contributed by atoms with Gasteiger partial charge < -0.3 is 5.32 Å². The molecule has 21 heavy (non-hydrogen) atoms. The van der Waals surface area contributed by atoms with Crippen LogP contribution in [0.2, 0.25) is 0 Å². The van der Waals surface area contributed by atoms with E-state index in [0.29, 0.717) is 0 Å². The molecule has 0 aliphatic carbocycles. The molecule has 0 aliphatic heterocycles. The third-order valence-corrected chi connectivity index (χ3v) is 5.74. The van der Waals surface area contributed by atoms with E-state index in [2.05, 4.69) is 52.4 Å². The van der Waals surface area contributed by atoms with E-state index in [0.717, 1.165) is 9.37 Å². The van der Waals surface area contributed by atoms with Gasteiger partial charge in [0.2, 0.25) is 0 Å². The van der Waals surface area contributed by atoms with Crippen LogP contribution in [0, 0.1) is 6.92 Å². The third kappa shape index (κ3) is 4.02. The standard InChI is InChI=1S/C17H20BrNOS/c1-12-7-9-14(10-8-12)17(19-3)13(2)21(20)16-6-4-5-15(18)11-16/h4-11,13,17,19H,1-3H3. The Bertz CT molecular complexity index is 627. The molecule has 0 amide bonds. The summed E-state index contributed by atoms with van der Waals surface area (Å²) in [6, 6.07) is 16.2. The van der Waals surface area contributed by atoms with Crippen molar-refractivity contribution in [2.75, 3.05) is 7.05 Å². The molecule has 0 radical (unpaired) electrons. The summed E-state index contributed by atoms with van der Waals surface area (Å²) < 4.78 is 13.7. The zero-order valence-electron chi connectivity index (χ0n) is 12.5. The maximum atomic E-state index is 12.8. The number of hydrogen-bond donors (Lipinski definition) is 1. The van der Waals surface area contributed by atoms with Crippen molar-refractivity contribution in [2.24, 2.45) is 0 Å². The molecule has 0 heterocycles. The fourth-order valence-corrected chi connectivity index (χ4v) is 4.35. The molecule has 3 atom stereocenters. The Morgan fingerprint density at radius 1 is 1.14 bits per heavy atom. The zero-order chi connectivity index (χ0) is 15.4. The molecule has 0 bridgehead atoms. The first-order valence-corrected chi connectivity index (χ1v) is 8.93. The molecule has 2 aromatic carbocycles. The summed E-state index contributed by atoms with van der Waals surface area (Å²) in [6.07, 6.45) is 0. The minimum absolute atomic E-state index is 0.0213. The van der Waals surface area contributed by atoms with E-state index in [1.807, 2.05) is 38.2 Å². The Hall–Kier alpha value is -0.970. The minimum atomic E-state index is -1.07. The second-order valence-corrected chi connectivity index (χ2v) is 7.86. The molecule has 4 heteroatoms. The Morgan fingerprint density at radius 2 is 1.81 bits per heavy atom. The Morgan fingerprint density at radius 3 is 2.38 bits per heavy atom. The van der Waals surface area contributed by atoms with Gasteiger partial charge in [0.15, 0.2) is 0 Å². The highest BCUT2D eigenvalue weighted by molar-refractivity contribution is 9.10. The predicted molar refractivity (Wildman–Crippen MR) is 93.0 cm³/mol. The van der Waals surface area contributed by atoms with Crippen molar-refractivity contribution in [3.8, 4) is 0 Å². The first-order valence-electron chi connectivity index (χ1n) is 6.93. The molecule has 0 aliphatic rings. The summed E-state index contributed by atoms with van der Waals surface area (Å²) in [5, 5.41) is 3.28. The van der Waals surface area contributed by atoms with Crippen molar-refractivity contribution in [2.45, 2.75) is 30.0 Å². The summed E-state index contributed by atoms with van der Waals surface area (Å²) in [4.78, 5) is 0.851. The van der Waals surface area contributed by atoms with E-state index >= 15 is 0 Å². The van der Waals surface area contributed by atoms with Crippen molar-refractivity contribution in [1.82, 2.24) is 5.32 Å². The van der Waals surface area contributed by atoms with Crippen molar-refractivity contribution >= 4 is 26.7 Å². The van der Waals surface area contributed by atoms with Crippen molar-refractivity contribution in [3.63, 3.8) is 0 Å². The Balaban J connectivity index is 2.25. The number of nitrogens with one attached hydrogen (secondary N) is 1. The van der Waals surface area contributed by atoms with Gasteiger partial charge in [0.25, 0.3) is 0 Å². The normalized spacial score (nSPS) is 15.4. The van der Waals surface area contributed by atoms with Crippen LogP contribution >= 0.6 is 15.9 Å². The molecular formula is C17H20BrNOS. The van der Waals surface area contributed by atoms with Gasteiger partial charge in [-0.3, -0.25) is 4.21 Å². The van der Waals surface area contributed by atoms with Crippen molar-refractivity contribution in [1.29, 1.82) is 0 Å². The van der Waals surface area contributed by atoms with Crippen molar-refractivity contribution < 1.29 is 4.21 Å². The number of aryl methyl sites for hydroxylation is 1. The molecule has 2 nitrogen and oxygen atoms in total. The molecule has 3 unspecified atom stereocenters. The third-order valence-electron chi connectivity index (χ3n) is 3.58. The van der Waals surface area contributed by atoms with Gasteiger partial charge in [-0.15, -0.1) is 0 Å². The fourth-order valence-electron chi connectivity index (χ4n) is 2.38. The minimum Gasteiger partial charge on any atom is -0.312 e. The fraction of sp³-hybridized carbons (Fsp3) is 0.294. The highest BCUT2D eigenvalue weighted by Crippen LogP contribution is 2.25. The lowest BCUT2D eigenvalue weighted by Crippen LogP contribution is -2.30. The molecule has 0 saturated carbocycles. The first-order chi connectivity index (χ1) is 10.0. The SMILES string of the molecule is CNC(c1ccc(C)cc1)C(C)S(=O)c1cccc(Br)c1. The topological polar surface area (TPSA) is 29.1 Å². The van der Waals surface area contributed by atoms with E-state index in [1.54, 1.807) is 0 Å². The predicted octanol–water partition coefficient (Wildman–Crippen LogP) is 4.21. The number of rotatable bonds is 5. The lowest BCUT2D eigenvalue weighted by atomic mass is 10.0. The van der Waals surface area contributed by atoms with Gasteiger partial charge in [0.05, 0.1) is 16.0 Å². The van der Waals surface area contributed by atoms with Crippen LogP contribution in [0.15, 0.2) is 57.9 Å². The summed E-state index contributed by atoms with van der Waals surface area (Å²) in [6.45, 7) is 4.10. The lowest BCUT2D eigenvalue weighted by molar-refractivity contribution is 0.570. The van der Waals surface area contributed by atoms with Crippen LogP contribution in [0.5, 0.6) is 0 Å². The van der Waals surface area contributed by atoms with Crippen LogP contribution in [0.1, 0.15) is 24.1 Å². The molecule has 0 aromatic heterocycles. The van der Waals surface area contributed by atoms with Crippen LogP contribution in [0.4, 0.5) is 0 Å². The van der Waals surface area contributed by atoms with E-state index in [4.69, 9.17) is 0 Å². The van der Waals surface area contributed by atoms with Crippen LogP contribution in [-0.4, -0.2) is 16.5 Å². The molecule has 2 aromatic rings. The van der Waals surface area contributed by atoms with Crippen LogP contribution in [0.25, 0.3) is 0 Å². The largest absolute Gasteiger partial charge is 0.312 e. The average Bonchev–Trinajstić information content (AvgIpc) is 2.49. The highest BCUT2D eigenvalue weighted by Gasteiger charge is 2.24. The number of halogens is 1. The van der Waals surface area contributed by atoms with Crippen LogP contribution in [0.3, 0.4) is 0 Å². The molecular weight excluding hydrogens is 346 g/mol. The van der Waals surface area contributed by atoms with Crippen molar-refractivity contribution in [3.05, 3.63) is 64.1 Å². The summed E-state index contributed by atoms with van der Waals surface area (Å²) >= 11 is 3.44. The lowest BCUT2D eigenvalue weighted by Gasteiger charge is -2.24. The van der Waals surface area contributed by atoms with Crippen LogP contribution in [-0.2, 0) is 10.8 Å². The maximum absolute atomic E-state index is 12.8. The van der Waals surface area contributed by atoms with Gasteiger partial charge >= 0.3 is 0 Å². The Labute approximate surface area is 137 Å². The monoisotopic (exact) mass is 365 g/mol. The summed E-state index contributed by atoms with van der Waals surface area (Å²) in [7, 11) is 0.849. The second-order valence-electron chi connectivity index (χ2n) is 5.14. The maximum Gasteiger partial charge on any atom is 0.0577 e. The molecule has 1 N–H and O–H groups in total. The van der Waals surface area contributed by atoms with E-state index in [-0.39, 0.29) is 11.3 Å². The van der Waals surface area contributed by atoms with Gasteiger partial charge in [0, 0.05) is 15.4 Å². The summed E-state index contributed by atoms with van der Waals surface area (Å²) in [5.41, 5.74) is 2.40. The smallest absolute Gasteiger partial charge is 0.0577 e. The molecule has 0 spiro atoms. The van der Waals surface area contributed by atoms with Gasteiger partial charge in [-0.25, -0.2) is 0 Å². The second kappa shape index (κ2) is 7.34.